The lowest BCUT2D eigenvalue weighted by Crippen LogP contribution is -2.34. The SMILES string of the molecule is Cc1cc(N2CCC(C)CC2)c(CNCC(C)C)cn1. The van der Waals surface area contributed by atoms with E-state index in [-0.39, 0.29) is 0 Å². The topological polar surface area (TPSA) is 28.2 Å². The molecule has 1 aliphatic rings. The van der Waals surface area contributed by atoms with Gasteiger partial charge in [-0.25, -0.2) is 0 Å². The van der Waals surface area contributed by atoms with Gasteiger partial charge in [-0.2, -0.15) is 0 Å². The van der Waals surface area contributed by atoms with Crippen molar-refractivity contribution in [1.82, 2.24) is 10.3 Å². The molecule has 1 saturated heterocycles. The van der Waals surface area contributed by atoms with Crippen molar-refractivity contribution in [1.29, 1.82) is 0 Å². The first kappa shape index (κ1) is 15.3. The minimum Gasteiger partial charge on any atom is -0.371 e. The third-order valence-electron chi connectivity index (χ3n) is 4.09. The van der Waals surface area contributed by atoms with Gasteiger partial charge in [-0.05, 0) is 44.2 Å². The van der Waals surface area contributed by atoms with E-state index in [1.165, 1.54) is 37.2 Å². The first-order chi connectivity index (χ1) is 9.56. The van der Waals surface area contributed by atoms with Crippen molar-refractivity contribution in [2.24, 2.45) is 11.8 Å². The molecule has 0 aromatic carbocycles. The normalized spacial score (nSPS) is 16.9. The van der Waals surface area contributed by atoms with Crippen LogP contribution in [-0.2, 0) is 6.54 Å². The van der Waals surface area contributed by atoms with E-state index in [9.17, 15) is 0 Å². The molecule has 0 bridgehead atoms. The molecule has 2 rings (SSSR count). The molecule has 0 saturated carbocycles. The fourth-order valence-electron chi connectivity index (χ4n) is 2.75. The van der Waals surface area contributed by atoms with Crippen LogP contribution in [-0.4, -0.2) is 24.6 Å². The predicted molar refractivity (Wildman–Crippen MR) is 86.1 cm³/mol. The van der Waals surface area contributed by atoms with Gasteiger partial charge in [0.2, 0.25) is 0 Å². The number of piperidine rings is 1. The van der Waals surface area contributed by atoms with Gasteiger partial charge in [0.25, 0.3) is 0 Å². The third kappa shape index (κ3) is 4.20. The highest BCUT2D eigenvalue weighted by Gasteiger charge is 2.18. The molecule has 0 spiro atoms. The summed E-state index contributed by atoms with van der Waals surface area (Å²) >= 11 is 0. The number of aryl methyl sites for hydroxylation is 1. The van der Waals surface area contributed by atoms with E-state index >= 15 is 0 Å². The number of rotatable bonds is 5. The standard InChI is InChI=1S/C17H29N3/c1-13(2)10-18-11-16-12-19-15(4)9-17(16)20-7-5-14(3)6-8-20/h9,12-14,18H,5-8,10-11H2,1-4H3. The summed E-state index contributed by atoms with van der Waals surface area (Å²) in [4.78, 5) is 7.02. The molecule has 112 valence electrons. The molecular weight excluding hydrogens is 246 g/mol. The minimum atomic E-state index is 0.688. The Morgan fingerprint density at radius 2 is 2.05 bits per heavy atom. The second-order valence-corrected chi connectivity index (χ2v) is 6.65. The van der Waals surface area contributed by atoms with E-state index in [0.29, 0.717) is 5.92 Å². The molecule has 0 amide bonds. The van der Waals surface area contributed by atoms with E-state index in [2.05, 4.69) is 55.2 Å². The Labute approximate surface area is 123 Å². The van der Waals surface area contributed by atoms with Crippen molar-refractivity contribution >= 4 is 5.69 Å². The fraction of sp³-hybridized carbons (Fsp3) is 0.706. The molecule has 1 N–H and O–H groups in total. The lowest BCUT2D eigenvalue weighted by atomic mass is 9.98. The Morgan fingerprint density at radius 3 is 2.70 bits per heavy atom. The smallest absolute Gasteiger partial charge is 0.0445 e. The van der Waals surface area contributed by atoms with E-state index in [0.717, 1.165) is 24.7 Å². The Hall–Kier alpha value is -1.09. The van der Waals surface area contributed by atoms with Crippen LogP contribution in [0.15, 0.2) is 12.3 Å². The number of nitrogens with zero attached hydrogens (tertiary/aromatic N) is 2. The summed E-state index contributed by atoms with van der Waals surface area (Å²) in [6.45, 7) is 13.3. The van der Waals surface area contributed by atoms with Gasteiger partial charge in [0, 0.05) is 42.8 Å². The quantitative estimate of drug-likeness (QED) is 0.893. The first-order valence-corrected chi connectivity index (χ1v) is 7.97. The average Bonchev–Trinajstić information content (AvgIpc) is 2.41. The fourth-order valence-corrected chi connectivity index (χ4v) is 2.75. The third-order valence-corrected chi connectivity index (χ3v) is 4.09. The summed E-state index contributed by atoms with van der Waals surface area (Å²) in [6, 6.07) is 2.25. The van der Waals surface area contributed by atoms with Crippen LogP contribution in [0.2, 0.25) is 0 Å². The van der Waals surface area contributed by atoms with Crippen molar-refractivity contribution in [3.05, 3.63) is 23.5 Å². The maximum atomic E-state index is 4.48. The van der Waals surface area contributed by atoms with Gasteiger partial charge >= 0.3 is 0 Å². The molecular formula is C17H29N3. The van der Waals surface area contributed by atoms with Gasteiger partial charge in [-0.3, -0.25) is 4.98 Å². The number of anilines is 1. The van der Waals surface area contributed by atoms with Gasteiger partial charge in [-0.15, -0.1) is 0 Å². The van der Waals surface area contributed by atoms with Crippen molar-refractivity contribution in [3.63, 3.8) is 0 Å². The maximum Gasteiger partial charge on any atom is 0.0445 e. The van der Waals surface area contributed by atoms with Crippen LogP contribution in [0.5, 0.6) is 0 Å². The monoisotopic (exact) mass is 275 g/mol. The Morgan fingerprint density at radius 1 is 1.35 bits per heavy atom. The Bertz CT molecular complexity index is 420. The van der Waals surface area contributed by atoms with Crippen molar-refractivity contribution in [3.8, 4) is 0 Å². The van der Waals surface area contributed by atoms with E-state index < -0.39 is 0 Å². The van der Waals surface area contributed by atoms with Crippen LogP contribution in [0.1, 0.15) is 44.9 Å². The van der Waals surface area contributed by atoms with Gasteiger partial charge in [0.15, 0.2) is 0 Å². The van der Waals surface area contributed by atoms with Gasteiger partial charge in [-0.1, -0.05) is 20.8 Å². The van der Waals surface area contributed by atoms with Gasteiger partial charge in [0.1, 0.15) is 0 Å². The molecule has 1 fully saturated rings. The zero-order valence-corrected chi connectivity index (χ0v) is 13.4. The molecule has 1 aromatic heterocycles. The second kappa shape index (κ2) is 7.07. The molecule has 1 aromatic rings. The maximum absolute atomic E-state index is 4.48. The van der Waals surface area contributed by atoms with E-state index in [1.807, 2.05) is 0 Å². The summed E-state index contributed by atoms with van der Waals surface area (Å²) in [5, 5.41) is 3.54. The summed E-state index contributed by atoms with van der Waals surface area (Å²) < 4.78 is 0. The van der Waals surface area contributed by atoms with E-state index in [1.54, 1.807) is 0 Å². The van der Waals surface area contributed by atoms with Crippen molar-refractivity contribution in [2.75, 3.05) is 24.5 Å². The predicted octanol–water partition coefficient (Wildman–Crippen LogP) is 3.37. The molecule has 0 radical (unpaired) electrons. The van der Waals surface area contributed by atoms with Crippen molar-refractivity contribution in [2.45, 2.75) is 47.1 Å². The van der Waals surface area contributed by atoms with E-state index in [4.69, 9.17) is 0 Å². The highest BCUT2D eigenvalue weighted by atomic mass is 15.1. The molecule has 1 aliphatic heterocycles. The molecule has 2 heterocycles. The zero-order valence-electron chi connectivity index (χ0n) is 13.4. The number of hydrogen-bond donors (Lipinski definition) is 1. The molecule has 3 nitrogen and oxygen atoms in total. The number of aromatic nitrogens is 1. The average molecular weight is 275 g/mol. The largest absolute Gasteiger partial charge is 0.371 e. The summed E-state index contributed by atoms with van der Waals surface area (Å²) in [6.07, 6.45) is 4.66. The zero-order chi connectivity index (χ0) is 14.5. The van der Waals surface area contributed by atoms with Crippen LogP contribution >= 0.6 is 0 Å². The van der Waals surface area contributed by atoms with Crippen molar-refractivity contribution < 1.29 is 0 Å². The lowest BCUT2D eigenvalue weighted by Gasteiger charge is -2.33. The minimum absolute atomic E-state index is 0.688. The van der Waals surface area contributed by atoms with Crippen LogP contribution < -0.4 is 10.2 Å². The summed E-state index contributed by atoms with van der Waals surface area (Å²) in [5.41, 5.74) is 3.85. The van der Waals surface area contributed by atoms with Crippen LogP contribution in [0, 0.1) is 18.8 Å². The van der Waals surface area contributed by atoms with Gasteiger partial charge < -0.3 is 10.2 Å². The van der Waals surface area contributed by atoms with Gasteiger partial charge in [0.05, 0.1) is 0 Å². The van der Waals surface area contributed by atoms with Crippen LogP contribution in [0.4, 0.5) is 5.69 Å². The summed E-state index contributed by atoms with van der Waals surface area (Å²) in [5.74, 6) is 1.56. The molecule has 3 heteroatoms. The lowest BCUT2D eigenvalue weighted by molar-refractivity contribution is 0.437. The second-order valence-electron chi connectivity index (χ2n) is 6.65. The molecule has 0 unspecified atom stereocenters. The highest BCUT2D eigenvalue weighted by Crippen LogP contribution is 2.26. The molecule has 0 aliphatic carbocycles. The van der Waals surface area contributed by atoms with Crippen LogP contribution in [0.3, 0.4) is 0 Å². The molecule has 20 heavy (non-hydrogen) atoms. The molecule has 0 atom stereocenters. The summed E-state index contributed by atoms with van der Waals surface area (Å²) in [7, 11) is 0. The number of nitrogens with one attached hydrogen (secondary N) is 1. The Balaban J connectivity index is 2.07. The number of pyridine rings is 1. The highest BCUT2D eigenvalue weighted by molar-refractivity contribution is 5.54. The van der Waals surface area contributed by atoms with Crippen LogP contribution in [0.25, 0.3) is 0 Å². The number of hydrogen-bond acceptors (Lipinski definition) is 3. The Kier molecular flexibility index (Phi) is 5.41. The first-order valence-electron chi connectivity index (χ1n) is 7.97.